The molecule has 0 saturated carbocycles. The van der Waals surface area contributed by atoms with Gasteiger partial charge in [0.1, 0.15) is 12.2 Å². The summed E-state index contributed by atoms with van der Waals surface area (Å²) in [6.07, 6.45) is 1.10. The van der Waals surface area contributed by atoms with E-state index < -0.39 is 23.6 Å². The average molecular weight is 184 g/mol. The first kappa shape index (κ1) is 9.40. The second-order valence-corrected chi connectivity index (χ2v) is 2.49. The van der Waals surface area contributed by atoms with Gasteiger partial charge in [0.15, 0.2) is 5.78 Å². The first-order valence-electron chi connectivity index (χ1n) is 3.50. The fourth-order valence-corrected chi connectivity index (χ4v) is 0.847. The van der Waals surface area contributed by atoms with E-state index in [4.69, 9.17) is 5.11 Å². The first-order chi connectivity index (χ1) is 6.06. The van der Waals surface area contributed by atoms with Crippen LogP contribution in [-0.4, -0.2) is 27.0 Å². The summed E-state index contributed by atoms with van der Waals surface area (Å²) >= 11 is 0. The minimum atomic E-state index is -0.776. The highest BCUT2D eigenvalue weighted by Crippen LogP contribution is 1.87. The maximum Gasteiger partial charge on any atom is 0.328 e. The van der Waals surface area contributed by atoms with Crippen LogP contribution in [0.5, 0.6) is 0 Å². The van der Waals surface area contributed by atoms with Crippen molar-refractivity contribution in [2.75, 3.05) is 6.61 Å². The number of hydrogen-bond acceptors (Lipinski definition) is 4. The lowest BCUT2D eigenvalue weighted by atomic mass is 10.2. The molecule has 1 rings (SSSR count). The number of aromatic amines is 1. The van der Waals surface area contributed by atoms with Gasteiger partial charge in [0, 0.05) is 13.2 Å². The molecular weight excluding hydrogens is 176 g/mol. The van der Waals surface area contributed by atoms with Crippen molar-refractivity contribution in [1.29, 1.82) is 0 Å². The lowest BCUT2D eigenvalue weighted by molar-refractivity contribution is 0.0901. The third kappa shape index (κ3) is 1.73. The minimum absolute atomic E-state index is 0.218. The highest BCUT2D eigenvalue weighted by molar-refractivity contribution is 5.96. The predicted molar refractivity (Wildman–Crippen MR) is 43.7 cm³/mol. The van der Waals surface area contributed by atoms with Gasteiger partial charge in [-0.05, 0) is 0 Å². The molecule has 0 atom stereocenters. The average Bonchev–Trinajstić information content (AvgIpc) is 2.10. The molecule has 2 N–H and O–H groups in total. The Morgan fingerprint density at radius 3 is 2.77 bits per heavy atom. The summed E-state index contributed by atoms with van der Waals surface area (Å²) in [4.78, 5) is 34.7. The van der Waals surface area contributed by atoms with E-state index in [9.17, 15) is 14.4 Å². The maximum atomic E-state index is 11.0. The van der Waals surface area contributed by atoms with E-state index in [1.807, 2.05) is 4.98 Å². The number of rotatable bonds is 2. The van der Waals surface area contributed by atoms with Crippen molar-refractivity contribution in [3.63, 3.8) is 0 Å². The standard InChI is InChI=1S/C7H8N2O4/c1-9-2-4(5(11)3-10)6(12)8-7(9)13/h2,10H,3H2,1H3,(H,8,12,13). The lowest BCUT2D eigenvalue weighted by Gasteiger charge is -1.98. The Bertz CT molecular complexity index is 443. The highest BCUT2D eigenvalue weighted by Gasteiger charge is 2.10. The minimum Gasteiger partial charge on any atom is -0.388 e. The summed E-state index contributed by atoms with van der Waals surface area (Å²) in [6, 6.07) is 0. The van der Waals surface area contributed by atoms with Gasteiger partial charge in [-0.15, -0.1) is 0 Å². The maximum absolute atomic E-state index is 11.0. The molecule has 1 aromatic rings. The van der Waals surface area contributed by atoms with E-state index in [1.165, 1.54) is 7.05 Å². The van der Waals surface area contributed by atoms with Gasteiger partial charge in [-0.1, -0.05) is 0 Å². The van der Waals surface area contributed by atoms with E-state index in [2.05, 4.69) is 0 Å². The number of aryl methyl sites for hydroxylation is 1. The zero-order valence-electron chi connectivity index (χ0n) is 6.90. The molecule has 0 aliphatic heterocycles. The normalized spacial score (nSPS) is 10.0. The van der Waals surface area contributed by atoms with E-state index in [-0.39, 0.29) is 5.56 Å². The Labute approximate surface area is 72.5 Å². The van der Waals surface area contributed by atoms with Gasteiger partial charge in [-0.3, -0.25) is 14.6 Å². The summed E-state index contributed by atoms with van der Waals surface area (Å²) in [7, 11) is 1.40. The van der Waals surface area contributed by atoms with Gasteiger partial charge < -0.3 is 9.67 Å². The van der Waals surface area contributed by atoms with E-state index >= 15 is 0 Å². The number of aromatic nitrogens is 2. The van der Waals surface area contributed by atoms with Crippen molar-refractivity contribution in [3.05, 3.63) is 32.6 Å². The lowest BCUT2D eigenvalue weighted by Crippen LogP contribution is -2.32. The molecule has 0 aliphatic rings. The molecule has 1 aromatic heterocycles. The molecule has 6 nitrogen and oxygen atoms in total. The Balaban J connectivity index is 3.41. The Morgan fingerprint density at radius 1 is 1.62 bits per heavy atom. The molecule has 0 fully saturated rings. The zero-order valence-corrected chi connectivity index (χ0v) is 6.90. The van der Waals surface area contributed by atoms with E-state index in [0.29, 0.717) is 0 Å². The first-order valence-corrected chi connectivity index (χ1v) is 3.50. The van der Waals surface area contributed by atoms with Gasteiger partial charge in [-0.2, -0.15) is 0 Å². The fourth-order valence-electron chi connectivity index (χ4n) is 0.847. The van der Waals surface area contributed by atoms with Crippen LogP contribution in [-0.2, 0) is 7.05 Å². The van der Waals surface area contributed by atoms with E-state index in [1.54, 1.807) is 0 Å². The second kappa shape index (κ2) is 3.36. The summed E-state index contributed by atoms with van der Waals surface area (Å²) in [6.45, 7) is -0.749. The number of carbonyl (C=O) groups excluding carboxylic acids is 1. The third-order valence-corrected chi connectivity index (χ3v) is 1.55. The van der Waals surface area contributed by atoms with Gasteiger partial charge in [0.2, 0.25) is 0 Å². The van der Waals surface area contributed by atoms with Crippen LogP contribution in [0.2, 0.25) is 0 Å². The topological polar surface area (TPSA) is 92.2 Å². The van der Waals surface area contributed by atoms with Crippen LogP contribution in [0.1, 0.15) is 10.4 Å². The molecule has 0 amide bonds. The number of H-pyrrole nitrogens is 1. The molecule has 70 valence electrons. The number of hydrogen-bond donors (Lipinski definition) is 2. The summed E-state index contributed by atoms with van der Waals surface area (Å²) in [5.41, 5.74) is -1.59. The zero-order chi connectivity index (χ0) is 10.0. The van der Waals surface area contributed by atoms with Crippen LogP contribution in [0.25, 0.3) is 0 Å². The molecule has 0 radical (unpaired) electrons. The van der Waals surface area contributed by atoms with Crippen LogP contribution in [0.4, 0.5) is 0 Å². The van der Waals surface area contributed by atoms with Crippen molar-refractivity contribution in [1.82, 2.24) is 9.55 Å². The molecule has 0 aliphatic carbocycles. The summed E-state index contributed by atoms with van der Waals surface area (Å²) in [5, 5.41) is 8.48. The van der Waals surface area contributed by atoms with Crippen molar-refractivity contribution >= 4 is 5.78 Å². The van der Waals surface area contributed by atoms with Gasteiger partial charge in [0.25, 0.3) is 5.56 Å². The van der Waals surface area contributed by atoms with Crippen molar-refractivity contribution < 1.29 is 9.90 Å². The Kier molecular flexibility index (Phi) is 2.43. The van der Waals surface area contributed by atoms with Gasteiger partial charge >= 0.3 is 5.69 Å². The van der Waals surface area contributed by atoms with Crippen molar-refractivity contribution in [2.45, 2.75) is 0 Å². The second-order valence-electron chi connectivity index (χ2n) is 2.49. The molecule has 0 aromatic carbocycles. The molecule has 0 unspecified atom stereocenters. The SMILES string of the molecule is Cn1cc(C(=O)CO)c(=O)[nH]c1=O. The number of aliphatic hydroxyl groups is 1. The molecule has 0 spiro atoms. The molecule has 0 bridgehead atoms. The summed E-state index contributed by atoms with van der Waals surface area (Å²) in [5.74, 6) is -0.711. The van der Waals surface area contributed by atoms with Crippen molar-refractivity contribution in [2.24, 2.45) is 7.05 Å². The van der Waals surface area contributed by atoms with Crippen LogP contribution in [0.3, 0.4) is 0 Å². The quantitative estimate of drug-likeness (QED) is 0.533. The molecule has 1 heterocycles. The molecule has 13 heavy (non-hydrogen) atoms. The third-order valence-electron chi connectivity index (χ3n) is 1.55. The Morgan fingerprint density at radius 2 is 2.23 bits per heavy atom. The Hall–Kier alpha value is -1.69. The summed E-state index contributed by atoms with van der Waals surface area (Å²) < 4.78 is 1.06. The predicted octanol–water partition coefficient (Wildman–Crippen LogP) is -1.75. The van der Waals surface area contributed by atoms with Gasteiger partial charge in [0.05, 0.1) is 0 Å². The molecular formula is C7H8N2O4. The largest absolute Gasteiger partial charge is 0.388 e. The number of nitrogens with one attached hydrogen (secondary N) is 1. The van der Waals surface area contributed by atoms with Crippen LogP contribution in [0, 0.1) is 0 Å². The number of Topliss-reactive ketones (excluding diaryl/α,β-unsaturated/α-hetero) is 1. The van der Waals surface area contributed by atoms with Crippen LogP contribution >= 0.6 is 0 Å². The fraction of sp³-hybridized carbons (Fsp3) is 0.286. The monoisotopic (exact) mass is 184 g/mol. The highest BCUT2D eigenvalue weighted by atomic mass is 16.3. The number of carbonyl (C=O) groups is 1. The van der Waals surface area contributed by atoms with Gasteiger partial charge in [-0.25, -0.2) is 4.79 Å². The number of nitrogens with zero attached hydrogens (tertiary/aromatic N) is 1. The smallest absolute Gasteiger partial charge is 0.328 e. The number of ketones is 1. The van der Waals surface area contributed by atoms with E-state index in [0.717, 1.165) is 10.8 Å². The molecule has 0 saturated heterocycles. The van der Waals surface area contributed by atoms with Crippen LogP contribution in [0.15, 0.2) is 15.8 Å². The van der Waals surface area contributed by atoms with Crippen LogP contribution < -0.4 is 11.2 Å². The number of aliphatic hydroxyl groups excluding tert-OH is 1. The van der Waals surface area contributed by atoms with Crippen molar-refractivity contribution in [3.8, 4) is 0 Å². The molecule has 6 heteroatoms.